The van der Waals surface area contributed by atoms with E-state index in [0.29, 0.717) is 25.4 Å². The Kier molecular flexibility index (Phi) is 4.70. The number of rotatable bonds is 7. The van der Waals surface area contributed by atoms with Gasteiger partial charge in [0.2, 0.25) is 5.91 Å². The summed E-state index contributed by atoms with van der Waals surface area (Å²) in [6.45, 7) is 1.31. The van der Waals surface area contributed by atoms with Crippen LogP contribution < -0.4 is 10.6 Å². The SMILES string of the molecule is O=C(CCNC1CC1)NCCc1cccc(F)c1. The van der Waals surface area contributed by atoms with Crippen molar-refractivity contribution in [3.05, 3.63) is 35.6 Å². The van der Waals surface area contributed by atoms with Crippen LogP contribution >= 0.6 is 0 Å². The summed E-state index contributed by atoms with van der Waals surface area (Å²) < 4.78 is 12.9. The van der Waals surface area contributed by atoms with Crippen molar-refractivity contribution < 1.29 is 9.18 Å². The molecule has 1 amide bonds. The summed E-state index contributed by atoms with van der Waals surface area (Å²) in [6.07, 6.45) is 3.65. The molecule has 3 nitrogen and oxygen atoms in total. The molecule has 0 unspecified atom stereocenters. The van der Waals surface area contributed by atoms with Gasteiger partial charge in [-0.1, -0.05) is 12.1 Å². The number of nitrogens with one attached hydrogen (secondary N) is 2. The van der Waals surface area contributed by atoms with E-state index in [4.69, 9.17) is 0 Å². The van der Waals surface area contributed by atoms with Gasteiger partial charge < -0.3 is 10.6 Å². The fourth-order valence-corrected chi connectivity index (χ4v) is 1.80. The Labute approximate surface area is 107 Å². The topological polar surface area (TPSA) is 41.1 Å². The number of hydrogen-bond donors (Lipinski definition) is 2. The van der Waals surface area contributed by atoms with E-state index in [1.54, 1.807) is 6.07 Å². The lowest BCUT2D eigenvalue weighted by Crippen LogP contribution is -2.29. The predicted molar refractivity (Wildman–Crippen MR) is 68.8 cm³/mol. The van der Waals surface area contributed by atoms with E-state index in [0.717, 1.165) is 12.1 Å². The Bertz CT molecular complexity index is 405. The fraction of sp³-hybridized carbons (Fsp3) is 0.500. The van der Waals surface area contributed by atoms with Gasteiger partial charge >= 0.3 is 0 Å². The maximum atomic E-state index is 12.9. The van der Waals surface area contributed by atoms with Crippen molar-refractivity contribution in [3.63, 3.8) is 0 Å². The van der Waals surface area contributed by atoms with Crippen LogP contribution in [0.25, 0.3) is 0 Å². The van der Waals surface area contributed by atoms with E-state index < -0.39 is 0 Å². The van der Waals surface area contributed by atoms with E-state index in [1.807, 2.05) is 6.07 Å². The largest absolute Gasteiger partial charge is 0.356 e. The lowest BCUT2D eigenvalue weighted by atomic mass is 10.1. The molecule has 0 atom stereocenters. The molecule has 1 aromatic carbocycles. The first-order valence-corrected chi connectivity index (χ1v) is 6.48. The molecule has 1 aliphatic rings. The van der Waals surface area contributed by atoms with Crippen LogP contribution in [0.2, 0.25) is 0 Å². The first-order chi connectivity index (χ1) is 8.74. The molecule has 1 aliphatic carbocycles. The number of carbonyl (C=O) groups excluding carboxylic acids is 1. The van der Waals surface area contributed by atoms with Crippen LogP contribution in [0.15, 0.2) is 24.3 Å². The Morgan fingerprint density at radius 1 is 1.33 bits per heavy atom. The van der Waals surface area contributed by atoms with Crippen LogP contribution in [0.4, 0.5) is 4.39 Å². The van der Waals surface area contributed by atoms with Crippen molar-refractivity contribution in [1.82, 2.24) is 10.6 Å². The van der Waals surface area contributed by atoms with Crippen molar-refractivity contribution >= 4 is 5.91 Å². The second kappa shape index (κ2) is 6.50. The molecule has 0 heterocycles. The molecule has 18 heavy (non-hydrogen) atoms. The number of carbonyl (C=O) groups is 1. The van der Waals surface area contributed by atoms with Gasteiger partial charge in [0.15, 0.2) is 0 Å². The second-order valence-electron chi connectivity index (χ2n) is 4.71. The summed E-state index contributed by atoms with van der Waals surface area (Å²) in [6, 6.07) is 7.12. The van der Waals surface area contributed by atoms with Gasteiger partial charge in [-0.25, -0.2) is 4.39 Å². The van der Waals surface area contributed by atoms with E-state index in [2.05, 4.69) is 10.6 Å². The van der Waals surface area contributed by atoms with Gasteiger partial charge in [-0.15, -0.1) is 0 Å². The van der Waals surface area contributed by atoms with E-state index in [9.17, 15) is 9.18 Å². The van der Waals surface area contributed by atoms with Crippen molar-refractivity contribution in [1.29, 1.82) is 0 Å². The number of amides is 1. The van der Waals surface area contributed by atoms with Gasteiger partial charge in [0.1, 0.15) is 5.82 Å². The molecule has 2 rings (SSSR count). The molecular weight excluding hydrogens is 231 g/mol. The van der Waals surface area contributed by atoms with Gasteiger partial charge in [-0.05, 0) is 37.0 Å². The summed E-state index contributed by atoms with van der Waals surface area (Å²) in [5.41, 5.74) is 0.909. The zero-order chi connectivity index (χ0) is 12.8. The molecule has 1 fully saturated rings. The van der Waals surface area contributed by atoms with Crippen molar-refractivity contribution in [2.75, 3.05) is 13.1 Å². The summed E-state index contributed by atoms with van der Waals surface area (Å²) in [5, 5.41) is 6.14. The van der Waals surface area contributed by atoms with Crippen molar-refractivity contribution in [2.24, 2.45) is 0 Å². The van der Waals surface area contributed by atoms with E-state index in [1.165, 1.54) is 25.0 Å². The molecule has 2 N–H and O–H groups in total. The smallest absolute Gasteiger partial charge is 0.221 e. The highest BCUT2D eigenvalue weighted by Crippen LogP contribution is 2.18. The zero-order valence-electron chi connectivity index (χ0n) is 10.4. The molecule has 0 spiro atoms. The lowest BCUT2D eigenvalue weighted by molar-refractivity contribution is -0.120. The Morgan fingerprint density at radius 3 is 2.89 bits per heavy atom. The van der Waals surface area contributed by atoms with Crippen LogP contribution in [-0.2, 0) is 11.2 Å². The fourth-order valence-electron chi connectivity index (χ4n) is 1.80. The minimum Gasteiger partial charge on any atom is -0.356 e. The standard InChI is InChI=1S/C14H19FN2O/c15-12-3-1-2-11(10-12)6-8-17-14(18)7-9-16-13-4-5-13/h1-3,10,13,16H,4-9H2,(H,17,18). The van der Waals surface area contributed by atoms with Gasteiger partial charge in [-0.2, -0.15) is 0 Å². The average molecular weight is 250 g/mol. The monoisotopic (exact) mass is 250 g/mol. The van der Waals surface area contributed by atoms with E-state index in [-0.39, 0.29) is 11.7 Å². The van der Waals surface area contributed by atoms with E-state index >= 15 is 0 Å². The maximum absolute atomic E-state index is 12.9. The Balaban J connectivity index is 1.57. The minimum absolute atomic E-state index is 0.0551. The molecule has 0 radical (unpaired) electrons. The molecule has 0 bridgehead atoms. The first kappa shape index (κ1) is 13.0. The average Bonchev–Trinajstić information content (AvgIpc) is 3.13. The highest BCUT2D eigenvalue weighted by atomic mass is 19.1. The zero-order valence-corrected chi connectivity index (χ0v) is 10.4. The summed E-state index contributed by atoms with van der Waals surface area (Å²) in [4.78, 5) is 11.5. The quantitative estimate of drug-likeness (QED) is 0.772. The summed E-state index contributed by atoms with van der Waals surface area (Å²) in [5.74, 6) is -0.174. The molecule has 0 aliphatic heterocycles. The van der Waals surface area contributed by atoms with Crippen LogP contribution in [0.1, 0.15) is 24.8 Å². The molecule has 0 saturated heterocycles. The molecule has 4 heteroatoms. The summed E-state index contributed by atoms with van der Waals surface area (Å²) >= 11 is 0. The number of hydrogen-bond acceptors (Lipinski definition) is 2. The molecule has 98 valence electrons. The lowest BCUT2D eigenvalue weighted by Gasteiger charge is -2.06. The third-order valence-corrected chi connectivity index (χ3v) is 2.99. The van der Waals surface area contributed by atoms with Gasteiger partial charge in [0.05, 0.1) is 0 Å². The Morgan fingerprint density at radius 2 is 2.17 bits per heavy atom. The third-order valence-electron chi connectivity index (χ3n) is 2.99. The Hall–Kier alpha value is -1.42. The third kappa shape index (κ3) is 4.84. The molecule has 0 aromatic heterocycles. The predicted octanol–water partition coefficient (Wildman–Crippen LogP) is 1.63. The first-order valence-electron chi connectivity index (χ1n) is 6.48. The van der Waals surface area contributed by atoms with Crippen LogP contribution in [0.3, 0.4) is 0 Å². The van der Waals surface area contributed by atoms with Crippen molar-refractivity contribution in [2.45, 2.75) is 31.7 Å². The second-order valence-corrected chi connectivity index (χ2v) is 4.71. The molecule has 1 saturated carbocycles. The highest BCUT2D eigenvalue weighted by molar-refractivity contribution is 5.76. The normalized spacial score (nSPS) is 14.5. The van der Waals surface area contributed by atoms with Crippen LogP contribution in [0, 0.1) is 5.82 Å². The number of benzene rings is 1. The van der Waals surface area contributed by atoms with Gasteiger partial charge in [0, 0.05) is 25.6 Å². The van der Waals surface area contributed by atoms with Crippen LogP contribution in [-0.4, -0.2) is 25.0 Å². The van der Waals surface area contributed by atoms with Gasteiger partial charge in [0.25, 0.3) is 0 Å². The number of halogens is 1. The highest BCUT2D eigenvalue weighted by Gasteiger charge is 2.19. The summed E-state index contributed by atoms with van der Waals surface area (Å²) in [7, 11) is 0. The maximum Gasteiger partial charge on any atom is 0.221 e. The van der Waals surface area contributed by atoms with Crippen molar-refractivity contribution in [3.8, 4) is 0 Å². The van der Waals surface area contributed by atoms with Crippen LogP contribution in [0.5, 0.6) is 0 Å². The molecular formula is C14H19FN2O. The minimum atomic E-state index is -0.229. The van der Waals surface area contributed by atoms with Gasteiger partial charge in [-0.3, -0.25) is 4.79 Å². The molecule has 1 aromatic rings.